The van der Waals surface area contributed by atoms with Gasteiger partial charge in [-0.25, -0.2) is 14.4 Å². The van der Waals surface area contributed by atoms with Crippen LogP contribution in [0.2, 0.25) is 0 Å². The predicted molar refractivity (Wildman–Crippen MR) is 130 cm³/mol. The molecular weight excluding hydrogens is 504 g/mol. The van der Waals surface area contributed by atoms with Crippen molar-refractivity contribution in [1.29, 1.82) is 0 Å². The van der Waals surface area contributed by atoms with Gasteiger partial charge in [-0.15, -0.1) is 0 Å². The second-order valence-electron chi connectivity index (χ2n) is 8.54. The number of ether oxygens (including phenoxy) is 3. The highest BCUT2D eigenvalue weighted by Crippen LogP contribution is 2.33. The Kier molecular flexibility index (Phi) is 8.61. The zero-order valence-corrected chi connectivity index (χ0v) is 20.1. The number of aliphatic hydroxyl groups is 2. The van der Waals surface area contributed by atoms with Gasteiger partial charge < -0.3 is 44.8 Å². The molecule has 1 aliphatic carbocycles. The molecule has 0 unspecified atom stereocenters. The van der Waals surface area contributed by atoms with Gasteiger partial charge in [0.05, 0.1) is 13.2 Å². The fraction of sp³-hybridized carbons (Fsp3) is 0.269. The lowest BCUT2D eigenvalue weighted by molar-refractivity contribution is -0.204. The summed E-state index contributed by atoms with van der Waals surface area (Å²) in [6.45, 7) is 0. The molecule has 0 bridgehead atoms. The SMILES string of the molecule is COc1cc(/C=C/C(=O)O[C@@H]2C[C@](O)(C(=O)O)C[C@@H](O)[C@H]2OC(=O)/C=C/c2ccc(O)c(O)c2)ccc1O. The third-order valence-electron chi connectivity index (χ3n) is 5.78. The van der Waals surface area contributed by atoms with Crippen molar-refractivity contribution in [2.45, 2.75) is 36.8 Å². The number of phenols is 3. The number of hydrogen-bond acceptors (Lipinski definition) is 11. The van der Waals surface area contributed by atoms with Crippen molar-refractivity contribution in [2.24, 2.45) is 0 Å². The second kappa shape index (κ2) is 11.7. The van der Waals surface area contributed by atoms with Gasteiger partial charge in [-0.05, 0) is 47.5 Å². The van der Waals surface area contributed by atoms with E-state index in [2.05, 4.69) is 0 Å². The Balaban J connectivity index is 1.76. The summed E-state index contributed by atoms with van der Waals surface area (Å²) in [5.41, 5.74) is -1.66. The molecule has 2 aromatic carbocycles. The smallest absolute Gasteiger partial charge is 0.335 e. The first-order valence-corrected chi connectivity index (χ1v) is 11.2. The standard InChI is InChI=1S/C26H26O12/c1-36-20-11-15(3-7-17(20)28)5-8-22(31)37-21-13-26(35,25(33)34)12-19(30)24(21)38-23(32)9-4-14-2-6-16(27)18(29)10-14/h2-11,19,21,24,27-30,35H,12-13H2,1H3,(H,33,34)/b8-5+,9-4+/t19-,21-,24-,26+/m1/s1. The minimum Gasteiger partial charge on any atom is -0.504 e. The van der Waals surface area contributed by atoms with Crippen molar-refractivity contribution in [3.05, 3.63) is 59.7 Å². The Morgan fingerprint density at radius 3 is 2.03 bits per heavy atom. The van der Waals surface area contributed by atoms with E-state index in [1.807, 2.05) is 0 Å². The van der Waals surface area contributed by atoms with E-state index in [4.69, 9.17) is 14.2 Å². The van der Waals surface area contributed by atoms with Crippen LogP contribution in [0, 0.1) is 0 Å². The van der Waals surface area contributed by atoms with Gasteiger partial charge in [-0.1, -0.05) is 12.1 Å². The van der Waals surface area contributed by atoms with Crippen LogP contribution in [0.5, 0.6) is 23.0 Å². The Hall–Kier alpha value is -4.55. The molecule has 0 radical (unpaired) electrons. The van der Waals surface area contributed by atoms with Crippen molar-refractivity contribution in [1.82, 2.24) is 0 Å². The van der Waals surface area contributed by atoms with Gasteiger partial charge in [0.15, 0.2) is 34.7 Å². The molecule has 0 spiro atoms. The number of benzene rings is 2. The first-order valence-electron chi connectivity index (χ1n) is 11.2. The summed E-state index contributed by atoms with van der Waals surface area (Å²) in [7, 11) is 1.35. The maximum atomic E-state index is 12.5. The number of methoxy groups -OCH3 is 1. The molecule has 6 N–H and O–H groups in total. The molecule has 0 aromatic heterocycles. The summed E-state index contributed by atoms with van der Waals surface area (Å²) in [4.78, 5) is 36.5. The molecule has 12 heteroatoms. The van der Waals surface area contributed by atoms with Crippen LogP contribution >= 0.6 is 0 Å². The number of aromatic hydroxyl groups is 3. The number of carbonyl (C=O) groups excluding carboxylic acids is 2. The monoisotopic (exact) mass is 530 g/mol. The van der Waals surface area contributed by atoms with E-state index < -0.39 is 60.4 Å². The van der Waals surface area contributed by atoms with Crippen LogP contribution in [-0.2, 0) is 23.9 Å². The zero-order chi connectivity index (χ0) is 28.0. The molecule has 1 aliphatic rings. The number of carboxylic acids is 1. The van der Waals surface area contributed by atoms with Crippen molar-refractivity contribution >= 4 is 30.1 Å². The Morgan fingerprint density at radius 1 is 0.868 bits per heavy atom. The van der Waals surface area contributed by atoms with Gasteiger partial charge >= 0.3 is 17.9 Å². The van der Waals surface area contributed by atoms with E-state index in [-0.39, 0.29) is 17.2 Å². The molecule has 1 saturated carbocycles. The van der Waals surface area contributed by atoms with Crippen molar-refractivity contribution < 1.29 is 59.2 Å². The predicted octanol–water partition coefficient (Wildman–Crippen LogP) is 1.33. The van der Waals surface area contributed by atoms with E-state index in [0.717, 1.165) is 12.2 Å². The van der Waals surface area contributed by atoms with E-state index in [9.17, 15) is 45.0 Å². The molecule has 0 saturated heterocycles. The summed E-state index contributed by atoms with van der Waals surface area (Å²) in [5, 5.41) is 58.9. The Bertz CT molecular complexity index is 1270. The van der Waals surface area contributed by atoms with Crippen LogP contribution in [0.25, 0.3) is 12.2 Å². The van der Waals surface area contributed by atoms with E-state index in [1.54, 1.807) is 0 Å². The van der Waals surface area contributed by atoms with E-state index >= 15 is 0 Å². The van der Waals surface area contributed by atoms with Crippen molar-refractivity contribution in [3.8, 4) is 23.0 Å². The molecule has 12 nitrogen and oxygen atoms in total. The lowest BCUT2D eigenvalue weighted by atomic mass is 9.79. The third-order valence-corrected chi connectivity index (χ3v) is 5.78. The van der Waals surface area contributed by atoms with Crippen molar-refractivity contribution in [2.75, 3.05) is 7.11 Å². The van der Waals surface area contributed by atoms with Gasteiger partial charge in [0.2, 0.25) is 0 Å². The molecule has 0 aliphatic heterocycles. The average Bonchev–Trinajstić information content (AvgIpc) is 2.86. The molecule has 1 fully saturated rings. The number of hydrogen-bond donors (Lipinski definition) is 6. The Morgan fingerprint density at radius 2 is 1.45 bits per heavy atom. The summed E-state index contributed by atoms with van der Waals surface area (Å²) in [6.07, 6.45) is -1.57. The maximum absolute atomic E-state index is 12.5. The first kappa shape index (κ1) is 28.0. The van der Waals surface area contributed by atoms with Gasteiger partial charge in [-0.2, -0.15) is 0 Å². The molecule has 0 amide bonds. The summed E-state index contributed by atoms with van der Waals surface area (Å²) < 4.78 is 15.5. The lowest BCUT2D eigenvalue weighted by Crippen LogP contribution is -2.58. The number of esters is 2. The van der Waals surface area contributed by atoms with Gasteiger partial charge in [0.1, 0.15) is 6.10 Å². The average molecular weight is 530 g/mol. The third kappa shape index (κ3) is 6.81. The molecule has 38 heavy (non-hydrogen) atoms. The summed E-state index contributed by atoms with van der Waals surface area (Å²) >= 11 is 0. The molecule has 4 atom stereocenters. The summed E-state index contributed by atoms with van der Waals surface area (Å²) in [5.74, 6) is -4.36. The minimum atomic E-state index is -2.44. The normalized spacial score (nSPS) is 23.3. The van der Waals surface area contributed by atoms with Crippen LogP contribution in [0.1, 0.15) is 24.0 Å². The van der Waals surface area contributed by atoms with E-state index in [1.165, 1.54) is 55.7 Å². The second-order valence-corrected chi connectivity index (χ2v) is 8.54. The number of rotatable bonds is 8. The number of carbonyl (C=O) groups is 3. The maximum Gasteiger partial charge on any atom is 0.335 e. The first-order chi connectivity index (χ1) is 17.9. The fourth-order valence-corrected chi connectivity index (χ4v) is 3.81. The summed E-state index contributed by atoms with van der Waals surface area (Å²) in [6, 6.07) is 8.06. The highest BCUT2D eigenvalue weighted by atomic mass is 16.6. The highest BCUT2D eigenvalue weighted by molar-refractivity contribution is 5.88. The quantitative estimate of drug-likeness (QED) is 0.163. The van der Waals surface area contributed by atoms with Gasteiger partial charge in [0, 0.05) is 25.0 Å². The highest BCUT2D eigenvalue weighted by Gasteiger charge is 2.52. The molecule has 2 aromatic rings. The number of aliphatic carboxylic acids is 1. The minimum absolute atomic E-state index is 0.114. The lowest BCUT2D eigenvalue weighted by Gasteiger charge is -2.40. The fourth-order valence-electron chi connectivity index (χ4n) is 3.81. The molecule has 202 valence electrons. The number of phenolic OH excluding ortho intramolecular Hbond substituents is 3. The van der Waals surface area contributed by atoms with Crippen LogP contribution in [0.3, 0.4) is 0 Å². The number of carboxylic acid groups (broad SMARTS) is 1. The zero-order valence-electron chi connectivity index (χ0n) is 20.1. The molecule has 0 heterocycles. The van der Waals surface area contributed by atoms with Crippen LogP contribution in [0.15, 0.2) is 48.6 Å². The van der Waals surface area contributed by atoms with Crippen LogP contribution < -0.4 is 4.74 Å². The van der Waals surface area contributed by atoms with E-state index in [0.29, 0.717) is 11.1 Å². The molecular formula is C26H26O12. The molecule has 3 rings (SSSR count). The topological polar surface area (TPSA) is 200 Å². The van der Waals surface area contributed by atoms with Crippen LogP contribution in [-0.4, -0.2) is 79.6 Å². The Labute approximate surface area is 216 Å². The van der Waals surface area contributed by atoms with Crippen molar-refractivity contribution in [3.63, 3.8) is 0 Å². The number of aliphatic hydroxyl groups excluding tert-OH is 1. The van der Waals surface area contributed by atoms with Gasteiger partial charge in [0.25, 0.3) is 0 Å². The largest absolute Gasteiger partial charge is 0.504 e. The van der Waals surface area contributed by atoms with Gasteiger partial charge in [-0.3, -0.25) is 0 Å². The van der Waals surface area contributed by atoms with Crippen LogP contribution in [0.4, 0.5) is 0 Å².